The van der Waals surface area contributed by atoms with Gasteiger partial charge in [-0.15, -0.1) is 0 Å². The van der Waals surface area contributed by atoms with Crippen LogP contribution in [-0.2, 0) is 0 Å². The van der Waals surface area contributed by atoms with E-state index in [0.717, 1.165) is 0 Å². The van der Waals surface area contributed by atoms with Crippen molar-refractivity contribution >= 4 is 5.91 Å². The van der Waals surface area contributed by atoms with Gasteiger partial charge < -0.3 is 15.2 Å². The predicted molar refractivity (Wildman–Crippen MR) is 77.3 cm³/mol. The lowest BCUT2D eigenvalue weighted by molar-refractivity contribution is 0.0923. The van der Waals surface area contributed by atoms with Crippen molar-refractivity contribution in [3.8, 4) is 17.7 Å². The molecule has 1 heterocycles. The number of nitrogens with zero attached hydrogens (tertiary/aromatic N) is 3. The van der Waals surface area contributed by atoms with Crippen LogP contribution in [-0.4, -0.2) is 33.6 Å². The Hall–Kier alpha value is -2.98. The minimum absolute atomic E-state index is 0.0615. The first kappa shape index (κ1) is 15.4. The van der Waals surface area contributed by atoms with E-state index in [1.54, 1.807) is 25.1 Å². The molecule has 0 saturated heterocycles. The van der Waals surface area contributed by atoms with Crippen molar-refractivity contribution in [2.75, 3.05) is 6.54 Å². The van der Waals surface area contributed by atoms with Crippen molar-refractivity contribution in [2.45, 2.75) is 13.0 Å². The van der Waals surface area contributed by atoms with Crippen molar-refractivity contribution in [3.63, 3.8) is 0 Å². The number of amides is 1. The van der Waals surface area contributed by atoms with E-state index in [1.165, 1.54) is 18.5 Å². The molecule has 0 aliphatic rings. The lowest BCUT2D eigenvalue weighted by Crippen LogP contribution is -2.30. The number of nitrogens with one attached hydrogen (secondary N) is 1. The number of aliphatic hydroxyl groups excluding tert-OH is 1. The summed E-state index contributed by atoms with van der Waals surface area (Å²) in [6, 6.07) is 8.31. The summed E-state index contributed by atoms with van der Waals surface area (Å²) in [5, 5.41) is 20.7. The minimum Gasteiger partial charge on any atom is -0.436 e. The molecule has 112 valence electrons. The minimum atomic E-state index is -0.624. The Morgan fingerprint density at radius 1 is 1.45 bits per heavy atom. The summed E-state index contributed by atoms with van der Waals surface area (Å²) in [6.07, 6.45) is 2.18. The lowest BCUT2D eigenvalue weighted by atomic mass is 10.2. The number of hydrogen-bond donors (Lipinski definition) is 2. The largest absolute Gasteiger partial charge is 0.436 e. The maximum absolute atomic E-state index is 11.9. The van der Waals surface area contributed by atoms with Crippen molar-refractivity contribution in [1.82, 2.24) is 15.3 Å². The molecule has 2 rings (SSSR count). The monoisotopic (exact) mass is 298 g/mol. The Bertz CT molecular complexity index is 710. The SMILES string of the molecule is CC(O)CNC(=O)c1cccc(Oc2nccnc2C#N)c1. The number of aliphatic hydroxyl groups is 1. The average molecular weight is 298 g/mol. The average Bonchev–Trinajstić information content (AvgIpc) is 2.53. The number of nitriles is 1. The van der Waals surface area contributed by atoms with Crippen LogP contribution in [0.5, 0.6) is 11.6 Å². The van der Waals surface area contributed by atoms with Crippen LogP contribution in [0.3, 0.4) is 0 Å². The van der Waals surface area contributed by atoms with Gasteiger partial charge in [-0.3, -0.25) is 4.79 Å². The molecule has 0 bridgehead atoms. The number of rotatable bonds is 5. The van der Waals surface area contributed by atoms with Crippen LogP contribution < -0.4 is 10.1 Å². The number of carbonyl (C=O) groups excluding carboxylic acids is 1. The zero-order valence-electron chi connectivity index (χ0n) is 11.9. The molecular formula is C15H14N4O3. The third-order valence-electron chi connectivity index (χ3n) is 2.64. The molecule has 1 unspecified atom stereocenters. The Kier molecular flexibility index (Phi) is 5.01. The summed E-state index contributed by atoms with van der Waals surface area (Å²) in [4.78, 5) is 19.7. The topological polar surface area (TPSA) is 108 Å². The van der Waals surface area contributed by atoms with E-state index in [2.05, 4.69) is 15.3 Å². The first-order chi connectivity index (χ1) is 10.6. The number of ether oxygens (including phenoxy) is 1. The van der Waals surface area contributed by atoms with Gasteiger partial charge in [0, 0.05) is 24.5 Å². The molecule has 22 heavy (non-hydrogen) atoms. The van der Waals surface area contributed by atoms with Gasteiger partial charge in [-0.25, -0.2) is 9.97 Å². The highest BCUT2D eigenvalue weighted by Gasteiger charge is 2.10. The summed E-state index contributed by atoms with van der Waals surface area (Å²) >= 11 is 0. The van der Waals surface area contributed by atoms with E-state index < -0.39 is 6.10 Å². The van der Waals surface area contributed by atoms with Gasteiger partial charge in [0.2, 0.25) is 5.69 Å². The Balaban J connectivity index is 2.15. The first-order valence-electron chi connectivity index (χ1n) is 6.55. The van der Waals surface area contributed by atoms with Gasteiger partial charge in [0.1, 0.15) is 11.8 Å². The molecule has 0 radical (unpaired) electrons. The van der Waals surface area contributed by atoms with Gasteiger partial charge >= 0.3 is 0 Å². The molecule has 1 atom stereocenters. The van der Waals surface area contributed by atoms with E-state index in [0.29, 0.717) is 11.3 Å². The second kappa shape index (κ2) is 7.15. The molecular weight excluding hydrogens is 284 g/mol. The van der Waals surface area contributed by atoms with Crippen molar-refractivity contribution in [2.24, 2.45) is 0 Å². The van der Waals surface area contributed by atoms with Crippen LogP contribution in [0, 0.1) is 11.3 Å². The quantitative estimate of drug-likeness (QED) is 0.860. The fraction of sp³-hybridized carbons (Fsp3) is 0.200. The molecule has 1 aromatic heterocycles. The molecule has 0 saturated carbocycles. The Labute approximate surface area is 127 Å². The molecule has 0 spiro atoms. The van der Waals surface area contributed by atoms with E-state index >= 15 is 0 Å². The molecule has 0 aliphatic heterocycles. The summed E-state index contributed by atoms with van der Waals surface area (Å²) in [5.41, 5.74) is 0.437. The van der Waals surface area contributed by atoms with Crippen LogP contribution in [0.25, 0.3) is 0 Å². The standard InChI is InChI=1S/C15H14N4O3/c1-10(20)9-19-14(21)11-3-2-4-12(7-11)22-15-13(8-16)17-5-6-18-15/h2-7,10,20H,9H2,1H3,(H,19,21). The highest BCUT2D eigenvalue weighted by Crippen LogP contribution is 2.22. The molecule has 2 N–H and O–H groups in total. The summed E-state index contributed by atoms with van der Waals surface area (Å²) < 4.78 is 5.49. The first-order valence-corrected chi connectivity index (χ1v) is 6.55. The van der Waals surface area contributed by atoms with Crippen molar-refractivity contribution < 1.29 is 14.6 Å². The van der Waals surface area contributed by atoms with Crippen LogP contribution in [0.1, 0.15) is 23.0 Å². The number of carbonyl (C=O) groups is 1. The Morgan fingerprint density at radius 3 is 2.95 bits per heavy atom. The van der Waals surface area contributed by atoms with Gasteiger partial charge in [-0.05, 0) is 25.1 Å². The molecule has 0 aliphatic carbocycles. The molecule has 1 aromatic carbocycles. The maximum Gasteiger partial charge on any atom is 0.256 e. The zero-order valence-corrected chi connectivity index (χ0v) is 11.9. The van der Waals surface area contributed by atoms with Crippen LogP contribution in [0.2, 0.25) is 0 Å². The normalized spacial score (nSPS) is 11.3. The van der Waals surface area contributed by atoms with Gasteiger partial charge in [-0.2, -0.15) is 5.26 Å². The molecule has 7 nitrogen and oxygen atoms in total. The van der Waals surface area contributed by atoms with E-state index in [1.807, 2.05) is 6.07 Å². The smallest absolute Gasteiger partial charge is 0.256 e. The van der Waals surface area contributed by atoms with Gasteiger partial charge in [0.15, 0.2) is 0 Å². The van der Waals surface area contributed by atoms with Gasteiger partial charge in [0.05, 0.1) is 6.10 Å². The van der Waals surface area contributed by atoms with Crippen molar-refractivity contribution in [3.05, 3.63) is 47.9 Å². The summed E-state index contributed by atoms with van der Waals surface area (Å²) in [5.74, 6) is 0.110. The number of aromatic nitrogens is 2. The van der Waals surface area contributed by atoms with Gasteiger partial charge in [-0.1, -0.05) is 6.07 Å². The zero-order chi connectivity index (χ0) is 15.9. The number of benzene rings is 1. The molecule has 7 heteroatoms. The maximum atomic E-state index is 11.9. The Morgan fingerprint density at radius 2 is 2.23 bits per heavy atom. The van der Waals surface area contributed by atoms with Crippen molar-refractivity contribution in [1.29, 1.82) is 5.26 Å². The van der Waals surface area contributed by atoms with E-state index in [4.69, 9.17) is 10.00 Å². The lowest BCUT2D eigenvalue weighted by Gasteiger charge is -2.09. The molecule has 2 aromatic rings. The second-order valence-corrected chi connectivity index (χ2v) is 4.51. The number of hydrogen-bond acceptors (Lipinski definition) is 6. The third kappa shape index (κ3) is 4.01. The van der Waals surface area contributed by atoms with Crippen LogP contribution in [0.4, 0.5) is 0 Å². The third-order valence-corrected chi connectivity index (χ3v) is 2.64. The predicted octanol–water partition coefficient (Wildman–Crippen LogP) is 1.25. The fourth-order valence-corrected chi connectivity index (χ4v) is 1.63. The second-order valence-electron chi connectivity index (χ2n) is 4.51. The summed E-state index contributed by atoms with van der Waals surface area (Å²) in [6.45, 7) is 1.74. The van der Waals surface area contributed by atoms with Crippen LogP contribution in [0.15, 0.2) is 36.7 Å². The highest BCUT2D eigenvalue weighted by molar-refractivity contribution is 5.94. The molecule has 1 amide bonds. The van der Waals surface area contributed by atoms with E-state index in [9.17, 15) is 9.90 Å². The van der Waals surface area contributed by atoms with Crippen LogP contribution >= 0.6 is 0 Å². The summed E-state index contributed by atoms with van der Waals surface area (Å²) in [7, 11) is 0. The molecule has 0 fully saturated rings. The highest BCUT2D eigenvalue weighted by atomic mass is 16.5. The van der Waals surface area contributed by atoms with E-state index in [-0.39, 0.29) is 24.0 Å². The fourth-order valence-electron chi connectivity index (χ4n) is 1.63. The van der Waals surface area contributed by atoms with Gasteiger partial charge in [0.25, 0.3) is 11.8 Å².